The number of hydrogen-bond acceptors (Lipinski definition) is 1. The Bertz CT molecular complexity index is 964. The molecular formula is C24H21N. The minimum absolute atomic E-state index is 0.294. The molecule has 0 atom stereocenters. The summed E-state index contributed by atoms with van der Waals surface area (Å²) in [6, 6.07) is 31.9. The number of para-hydroxylation sites is 1. The Hall–Kier alpha value is -2.93. The number of hydrogen-bond donors (Lipinski definition) is 0. The first-order chi connectivity index (χ1) is 12.2. The van der Waals surface area contributed by atoms with Crippen LogP contribution in [0.2, 0.25) is 0 Å². The summed E-state index contributed by atoms with van der Waals surface area (Å²) in [5.41, 5.74) is 5.61. The van der Waals surface area contributed by atoms with Gasteiger partial charge in [-0.05, 0) is 42.7 Å². The number of nitrogens with zero attached hydrogens (tertiary/aromatic N) is 1. The van der Waals surface area contributed by atoms with Gasteiger partial charge >= 0.3 is 0 Å². The molecule has 0 fully saturated rings. The van der Waals surface area contributed by atoms with Crippen molar-refractivity contribution in [2.75, 3.05) is 0 Å². The van der Waals surface area contributed by atoms with Crippen LogP contribution in [0, 0.1) is 6.92 Å². The molecule has 0 saturated heterocycles. The first kappa shape index (κ1) is 15.6. The first-order valence-corrected chi connectivity index (χ1v) is 8.67. The van der Waals surface area contributed by atoms with Crippen molar-refractivity contribution in [2.45, 2.75) is 19.3 Å². The van der Waals surface area contributed by atoms with Gasteiger partial charge in [0.05, 0.1) is 16.6 Å². The van der Waals surface area contributed by atoms with E-state index in [1.165, 1.54) is 22.1 Å². The molecule has 0 amide bonds. The highest BCUT2D eigenvalue weighted by Gasteiger charge is 2.32. The van der Waals surface area contributed by atoms with E-state index in [9.17, 15) is 0 Å². The Morgan fingerprint density at radius 2 is 1.20 bits per heavy atom. The van der Waals surface area contributed by atoms with E-state index in [-0.39, 0.29) is 5.41 Å². The highest BCUT2D eigenvalue weighted by Crippen LogP contribution is 2.38. The summed E-state index contributed by atoms with van der Waals surface area (Å²) >= 11 is 0. The SMILES string of the molecule is Cc1cc(C(C)(c2ccccc2)c2ccccc2)nc2ccccc12. The van der Waals surface area contributed by atoms with Crippen LogP contribution < -0.4 is 0 Å². The van der Waals surface area contributed by atoms with Crippen molar-refractivity contribution < 1.29 is 0 Å². The summed E-state index contributed by atoms with van der Waals surface area (Å²) in [5.74, 6) is 0. The topological polar surface area (TPSA) is 12.9 Å². The van der Waals surface area contributed by atoms with Crippen molar-refractivity contribution in [3.05, 3.63) is 113 Å². The largest absolute Gasteiger partial charge is 0.252 e. The van der Waals surface area contributed by atoms with Crippen molar-refractivity contribution in [3.63, 3.8) is 0 Å². The van der Waals surface area contributed by atoms with Crippen molar-refractivity contribution in [1.82, 2.24) is 4.98 Å². The molecule has 3 aromatic carbocycles. The van der Waals surface area contributed by atoms with E-state index in [0.717, 1.165) is 11.2 Å². The third-order valence-electron chi connectivity index (χ3n) is 5.14. The Kier molecular flexibility index (Phi) is 3.85. The molecule has 0 bridgehead atoms. The highest BCUT2D eigenvalue weighted by molar-refractivity contribution is 5.82. The molecule has 1 nitrogen and oxygen atoms in total. The number of aryl methyl sites for hydroxylation is 1. The summed E-state index contributed by atoms with van der Waals surface area (Å²) in [6.07, 6.45) is 0. The number of aromatic nitrogens is 1. The van der Waals surface area contributed by atoms with Crippen molar-refractivity contribution in [3.8, 4) is 0 Å². The van der Waals surface area contributed by atoms with Crippen molar-refractivity contribution in [2.24, 2.45) is 0 Å². The van der Waals surface area contributed by atoms with Crippen LogP contribution in [0.4, 0.5) is 0 Å². The number of rotatable bonds is 3. The summed E-state index contributed by atoms with van der Waals surface area (Å²) in [6.45, 7) is 4.44. The standard InChI is InChI=1S/C24H21N/c1-18-17-23(25-22-16-10-9-15-21(18)22)24(2,19-11-5-3-6-12-19)20-13-7-4-8-14-20/h3-17H,1-2H3. The Morgan fingerprint density at radius 3 is 1.80 bits per heavy atom. The first-order valence-electron chi connectivity index (χ1n) is 8.67. The van der Waals surface area contributed by atoms with Gasteiger partial charge in [-0.3, -0.25) is 4.98 Å². The molecule has 0 unspecified atom stereocenters. The van der Waals surface area contributed by atoms with Crippen LogP contribution in [0.25, 0.3) is 10.9 Å². The zero-order valence-electron chi connectivity index (χ0n) is 14.6. The molecule has 0 saturated carbocycles. The predicted molar refractivity (Wildman–Crippen MR) is 105 cm³/mol. The zero-order valence-corrected chi connectivity index (χ0v) is 14.6. The van der Waals surface area contributed by atoms with Gasteiger partial charge in [0.15, 0.2) is 0 Å². The lowest BCUT2D eigenvalue weighted by Gasteiger charge is -2.31. The summed E-state index contributed by atoms with van der Waals surface area (Å²) in [7, 11) is 0. The van der Waals surface area contributed by atoms with E-state index in [1.54, 1.807) is 0 Å². The van der Waals surface area contributed by atoms with Gasteiger partial charge in [-0.2, -0.15) is 0 Å². The molecule has 1 heteroatoms. The van der Waals surface area contributed by atoms with Crippen LogP contribution in [0.3, 0.4) is 0 Å². The maximum Gasteiger partial charge on any atom is 0.0708 e. The molecule has 0 aliphatic carbocycles. The quantitative estimate of drug-likeness (QED) is 0.457. The van der Waals surface area contributed by atoms with Gasteiger partial charge in [0.2, 0.25) is 0 Å². The minimum Gasteiger partial charge on any atom is -0.252 e. The van der Waals surface area contributed by atoms with Crippen LogP contribution in [0.15, 0.2) is 91.0 Å². The molecule has 4 aromatic rings. The third kappa shape index (κ3) is 2.62. The molecule has 0 radical (unpaired) electrons. The predicted octanol–water partition coefficient (Wildman–Crippen LogP) is 5.90. The number of benzene rings is 3. The second kappa shape index (κ2) is 6.18. The average Bonchev–Trinajstić information content (AvgIpc) is 2.68. The lowest BCUT2D eigenvalue weighted by molar-refractivity contribution is 0.668. The van der Waals surface area contributed by atoms with E-state index in [0.29, 0.717) is 0 Å². The normalized spacial score (nSPS) is 11.6. The van der Waals surface area contributed by atoms with E-state index < -0.39 is 0 Å². The van der Waals surface area contributed by atoms with Gasteiger partial charge in [0, 0.05) is 5.39 Å². The summed E-state index contributed by atoms with van der Waals surface area (Å²) < 4.78 is 0. The fourth-order valence-corrected chi connectivity index (χ4v) is 3.61. The van der Waals surface area contributed by atoms with E-state index in [4.69, 9.17) is 4.98 Å². The van der Waals surface area contributed by atoms with Gasteiger partial charge in [-0.25, -0.2) is 0 Å². The summed E-state index contributed by atoms with van der Waals surface area (Å²) in [5, 5.41) is 1.22. The number of fused-ring (bicyclic) bond motifs is 1. The van der Waals surface area contributed by atoms with Gasteiger partial charge in [0.25, 0.3) is 0 Å². The Morgan fingerprint density at radius 1 is 0.680 bits per heavy atom. The Labute approximate surface area is 149 Å². The summed E-state index contributed by atoms with van der Waals surface area (Å²) in [4.78, 5) is 5.06. The third-order valence-corrected chi connectivity index (χ3v) is 5.14. The maximum absolute atomic E-state index is 5.06. The fraction of sp³-hybridized carbons (Fsp3) is 0.125. The van der Waals surface area contributed by atoms with Gasteiger partial charge < -0.3 is 0 Å². The lowest BCUT2D eigenvalue weighted by Crippen LogP contribution is -2.26. The molecule has 1 aromatic heterocycles. The van der Waals surface area contributed by atoms with Gasteiger partial charge in [0.1, 0.15) is 0 Å². The molecular weight excluding hydrogens is 302 g/mol. The van der Waals surface area contributed by atoms with E-state index >= 15 is 0 Å². The molecule has 25 heavy (non-hydrogen) atoms. The monoisotopic (exact) mass is 323 g/mol. The molecule has 0 aliphatic rings. The number of pyridine rings is 1. The smallest absolute Gasteiger partial charge is 0.0708 e. The Balaban J connectivity index is 2.02. The maximum atomic E-state index is 5.06. The molecule has 0 spiro atoms. The molecule has 4 rings (SSSR count). The van der Waals surface area contributed by atoms with Crippen molar-refractivity contribution in [1.29, 1.82) is 0 Å². The van der Waals surface area contributed by atoms with Crippen LogP contribution in [-0.2, 0) is 5.41 Å². The molecule has 122 valence electrons. The molecule has 1 heterocycles. The highest BCUT2D eigenvalue weighted by atomic mass is 14.7. The lowest BCUT2D eigenvalue weighted by atomic mass is 9.73. The van der Waals surface area contributed by atoms with Gasteiger partial charge in [-0.15, -0.1) is 0 Å². The van der Waals surface area contributed by atoms with Crippen LogP contribution >= 0.6 is 0 Å². The second-order valence-electron chi connectivity index (χ2n) is 6.70. The van der Waals surface area contributed by atoms with Crippen LogP contribution in [0.1, 0.15) is 29.3 Å². The second-order valence-corrected chi connectivity index (χ2v) is 6.70. The molecule has 0 N–H and O–H groups in total. The van der Waals surface area contributed by atoms with Crippen molar-refractivity contribution >= 4 is 10.9 Å². The van der Waals surface area contributed by atoms with E-state index in [1.807, 2.05) is 0 Å². The minimum atomic E-state index is -0.294. The van der Waals surface area contributed by atoms with Gasteiger partial charge in [-0.1, -0.05) is 78.9 Å². The average molecular weight is 323 g/mol. The van der Waals surface area contributed by atoms with Crippen LogP contribution in [0.5, 0.6) is 0 Å². The molecule has 0 aliphatic heterocycles. The zero-order chi connectivity index (χ0) is 17.3. The fourth-order valence-electron chi connectivity index (χ4n) is 3.61. The van der Waals surface area contributed by atoms with E-state index in [2.05, 4.69) is 105 Å². The van der Waals surface area contributed by atoms with Crippen LogP contribution in [-0.4, -0.2) is 4.98 Å².